The molecule has 1 fully saturated rings. The molecule has 1 aliphatic carbocycles. The van der Waals surface area contributed by atoms with Crippen LogP contribution in [0.2, 0.25) is 5.02 Å². The lowest BCUT2D eigenvalue weighted by molar-refractivity contribution is 0.291. The topological polar surface area (TPSA) is 12.0 Å². The van der Waals surface area contributed by atoms with Gasteiger partial charge in [-0.25, -0.2) is 4.39 Å². The van der Waals surface area contributed by atoms with Crippen LogP contribution in [0.1, 0.15) is 51.5 Å². The van der Waals surface area contributed by atoms with Crippen LogP contribution in [0.25, 0.3) is 0 Å². The molecule has 0 aromatic heterocycles. The maximum Gasteiger partial charge on any atom is 0.142 e. The van der Waals surface area contributed by atoms with Crippen molar-refractivity contribution in [1.82, 2.24) is 5.32 Å². The number of halogens is 2. The van der Waals surface area contributed by atoms with Crippen molar-refractivity contribution in [3.63, 3.8) is 0 Å². The molecule has 1 aromatic carbocycles. The van der Waals surface area contributed by atoms with Gasteiger partial charge in [0, 0.05) is 6.04 Å². The number of rotatable bonds is 5. The van der Waals surface area contributed by atoms with E-state index in [1.807, 2.05) is 6.07 Å². The summed E-state index contributed by atoms with van der Waals surface area (Å²) in [6.45, 7) is 5.47. The molecule has 0 amide bonds. The molecule has 2 unspecified atom stereocenters. The molecule has 0 heterocycles. The van der Waals surface area contributed by atoms with Gasteiger partial charge in [-0.3, -0.25) is 0 Å². The van der Waals surface area contributed by atoms with Gasteiger partial charge in [0.05, 0.1) is 5.02 Å². The Balaban J connectivity index is 2.03. The van der Waals surface area contributed by atoms with E-state index in [0.29, 0.717) is 17.9 Å². The summed E-state index contributed by atoms with van der Waals surface area (Å²) in [5.74, 6) is 1.06. The van der Waals surface area contributed by atoms with Crippen LogP contribution in [-0.4, -0.2) is 12.6 Å². The smallest absolute Gasteiger partial charge is 0.142 e. The summed E-state index contributed by atoms with van der Waals surface area (Å²) in [5.41, 5.74) is 1.08. The lowest BCUT2D eigenvalue weighted by Gasteiger charge is -2.26. The van der Waals surface area contributed by atoms with E-state index in [1.165, 1.54) is 32.1 Å². The van der Waals surface area contributed by atoms with Gasteiger partial charge < -0.3 is 5.32 Å². The SMILES string of the molecule is CC(C)NCC1CCCCCC1Cc1ccc(Cl)c(F)c1. The first-order chi connectivity index (χ1) is 10.1. The molecule has 0 saturated heterocycles. The first-order valence-corrected chi connectivity index (χ1v) is 8.61. The molecule has 2 rings (SSSR count). The molecule has 118 valence electrons. The highest BCUT2D eigenvalue weighted by Crippen LogP contribution is 2.31. The van der Waals surface area contributed by atoms with Gasteiger partial charge in [-0.05, 0) is 55.3 Å². The summed E-state index contributed by atoms with van der Waals surface area (Å²) in [7, 11) is 0. The van der Waals surface area contributed by atoms with Crippen LogP contribution in [0.15, 0.2) is 18.2 Å². The maximum atomic E-state index is 13.6. The zero-order valence-corrected chi connectivity index (χ0v) is 13.9. The van der Waals surface area contributed by atoms with Crippen LogP contribution < -0.4 is 5.32 Å². The molecular formula is C18H27ClFN. The van der Waals surface area contributed by atoms with E-state index in [9.17, 15) is 4.39 Å². The molecule has 0 spiro atoms. The third-order valence-corrected chi connectivity index (χ3v) is 4.89. The zero-order chi connectivity index (χ0) is 15.2. The molecule has 0 radical (unpaired) electrons. The van der Waals surface area contributed by atoms with Crippen molar-refractivity contribution in [3.05, 3.63) is 34.6 Å². The summed E-state index contributed by atoms with van der Waals surface area (Å²) in [5, 5.41) is 3.80. The number of benzene rings is 1. The van der Waals surface area contributed by atoms with E-state index in [4.69, 9.17) is 11.6 Å². The van der Waals surface area contributed by atoms with Crippen LogP contribution >= 0.6 is 11.6 Å². The van der Waals surface area contributed by atoms with Gasteiger partial charge in [-0.1, -0.05) is 50.8 Å². The summed E-state index contributed by atoms with van der Waals surface area (Å²) in [6.07, 6.45) is 7.49. The monoisotopic (exact) mass is 311 g/mol. The first-order valence-electron chi connectivity index (χ1n) is 8.23. The number of hydrogen-bond donors (Lipinski definition) is 1. The highest BCUT2D eigenvalue weighted by Gasteiger charge is 2.24. The van der Waals surface area contributed by atoms with E-state index in [2.05, 4.69) is 19.2 Å². The van der Waals surface area contributed by atoms with Crippen LogP contribution in [0.5, 0.6) is 0 Å². The minimum atomic E-state index is -0.292. The fourth-order valence-corrected chi connectivity index (χ4v) is 3.47. The standard InChI is InChI=1S/C18H27ClFN/c1-13(2)21-12-16-7-5-3-4-6-15(16)10-14-8-9-17(19)18(20)11-14/h8-9,11,13,15-16,21H,3-7,10,12H2,1-2H3. The van der Waals surface area contributed by atoms with Gasteiger partial charge >= 0.3 is 0 Å². The Labute approximate surface area is 133 Å². The van der Waals surface area contributed by atoms with Crippen LogP contribution in [-0.2, 0) is 6.42 Å². The Kier molecular flexibility index (Phi) is 6.50. The van der Waals surface area contributed by atoms with Crippen molar-refractivity contribution in [3.8, 4) is 0 Å². The Hall–Kier alpha value is -0.600. The molecule has 1 aromatic rings. The lowest BCUT2D eigenvalue weighted by atomic mass is 9.83. The van der Waals surface area contributed by atoms with Crippen molar-refractivity contribution in [1.29, 1.82) is 0 Å². The van der Waals surface area contributed by atoms with E-state index in [0.717, 1.165) is 18.5 Å². The number of nitrogens with one attached hydrogen (secondary N) is 1. The van der Waals surface area contributed by atoms with Crippen LogP contribution in [0.3, 0.4) is 0 Å². The molecule has 2 atom stereocenters. The predicted octanol–water partition coefficient (Wildman–Crippen LogP) is 5.22. The fourth-order valence-electron chi connectivity index (χ4n) is 3.36. The van der Waals surface area contributed by atoms with Gasteiger partial charge in [-0.2, -0.15) is 0 Å². The highest BCUT2D eigenvalue weighted by molar-refractivity contribution is 6.30. The molecule has 0 bridgehead atoms. The normalized spacial score (nSPS) is 23.3. The quantitative estimate of drug-likeness (QED) is 0.735. The molecule has 3 heteroatoms. The van der Waals surface area contributed by atoms with Crippen molar-refractivity contribution in [2.24, 2.45) is 11.8 Å². The largest absolute Gasteiger partial charge is 0.314 e. The second kappa shape index (κ2) is 8.14. The highest BCUT2D eigenvalue weighted by atomic mass is 35.5. The molecule has 0 aliphatic heterocycles. The van der Waals surface area contributed by atoms with Gasteiger partial charge in [-0.15, -0.1) is 0 Å². The van der Waals surface area contributed by atoms with Crippen molar-refractivity contribution in [2.45, 2.75) is 58.4 Å². The van der Waals surface area contributed by atoms with E-state index in [1.54, 1.807) is 12.1 Å². The molecule has 1 aliphatic rings. The number of hydrogen-bond acceptors (Lipinski definition) is 1. The third-order valence-electron chi connectivity index (χ3n) is 4.59. The average Bonchev–Trinajstić information content (AvgIpc) is 2.66. The van der Waals surface area contributed by atoms with E-state index < -0.39 is 0 Å². The first kappa shape index (κ1) is 16.8. The van der Waals surface area contributed by atoms with E-state index >= 15 is 0 Å². The molecular weight excluding hydrogens is 285 g/mol. The minimum Gasteiger partial charge on any atom is -0.314 e. The lowest BCUT2D eigenvalue weighted by Crippen LogP contribution is -2.33. The Morgan fingerprint density at radius 1 is 1.19 bits per heavy atom. The summed E-state index contributed by atoms with van der Waals surface area (Å²) in [6, 6.07) is 5.80. The summed E-state index contributed by atoms with van der Waals surface area (Å²) >= 11 is 5.78. The van der Waals surface area contributed by atoms with Gasteiger partial charge in [0.2, 0.25) is 0 Å². The molecule has 1 N–H and O–H groups in total. The maximum absolute atomic E-state index is 13.6. The third kappa shape index (κ3) is 5.27. The van der Waals surface area contributed by atoms with Gasteiger partial charge in [0.1, 0.15) is 5.82 Å². The van der Waals surface area contributed by atoms with E-state index in [-0.39, 0.29) is 10.8 Å². The fraction of sp³-hybridized carbons (Fsp3) is 0.667. The Bertz CT molecular complexity index is 447. The average molecular weight is 312 g/mol. The molecule has 1 saturated carbocycles. The predicted molar refractivity (Wildman–Crippen MR) is 88.3 cm³/mol. The van der Waals surface area contributed by atoms with Crippen molar-refractivity contribution < 1.29 is 4.39 Å². The Morgan fingerprint density at radius 3 is 2.57 bits per heavy atom. The second-order valence-electron chi connectivity index (χ2n) is 6.67. The van der Waals surface area contributed by atoms with Crippen LogP contribution in [0.4, 0.5) is 4.39 Å². The van der Waals surface area contributed by atoms with Gasteiger partial charge in [0.25, 0.3) is 0 Å². The molecule has 21 heavy (non-hydrogen) atoms. The second-order valence-corrected chi connectivity index (χ2v) is 7.08. The molecule has 1 nitrogen and oxygen atoms in total. The minimum absolute atomic E-state index is 0.220. The zero-order valence-electron chi connectivity index (χ0n) is 13.2. The Morgan fingerprint density at radius 2 is 1.90 bits per heavy atom. The summed E-state index contributed by atoms with van der Waals surface area (Å²) < 4.78 is 13.6. The van der Waals surface area contributed by atoms with Crippen molar-refractivity contribution >= 4 is 11.6 Å². The van der Waals surface area contributed by atoms with Crippen molar-refractivity contribution in [2.75, 3.05) is 6.54 Å². The van der Waals surface area contributed by atoms with Gasteiger partial charge in [0.15, 0.2) is 0 Å². The van der Waals surface area contributed by atoms with Crippen LogP contribution in [0, 0.1) is 17.7 Å². The summed E-state index contributed by atoms with van der Waals surface area (Å²) in [4.78, 5) is 0.